The number of likely N-dealkylation sites (tertiary alicyclic amines) is 1. The Bertz CT molecular complexity index is 611. The van der Waals surface area contributed by atoms with E-state index in [1.54, 1.807) is 11.3 Å². The van der Waals surface area contributed by atoms with Gasteiger partial charge in [-0.2, -0.15) is 0 Å². The summed E-state index contributed by atoms with van der Waals surface area (Å²) >= 11 is 1.62. The smallest absolute Gasteiger partial charge is 0.141 e. The molecule has 1 aliphatic rings. The monoisotopic (exact) mass is 327 g/mol. The number of hydrogen-bond acceptors (Lipinski definition) is 3. The lowest BCUT2D eigenvalue weighted by Gasteiger charge is -2.26. The van der Waals surface area contributed by atoms with Gasteiger partial charge in [-0.05, 0) is 74.5 Å². The summed E-state index contributed by atoms with van der Waals surface area (Å²) < 4.78 is 0. The number of nitrogens with two attached hydrogens (primary N) is 1. The van der Waals surface area contributed by atoms with Crippen molar-refractivity contribution < 1.29 is 0 Å². The molecular formula is C19H25N3S. The summed E-state index contributed by atoms with van der Waals surface area (Å²) in [5.41, 5.74) is 8.34. The van der Waals surface area contributed by atoms with Crippen molar-refractivity contribution in [2.75, 3.05) is 19.6 Å². The maximum Gasteiger partial charge on any atom is 0.141 e. The lowest BCUT2D eigenvalue weighted by atomic mass is 10.1. The fourth-order valence-corrected chi connectivity index (χ4v) is 3.67. The van der Waals surface area contributed by atoms with Crippen LogP contribution in [-0.4, -0.2) is 30.4 Å². The van der Waals surface area contributed by atoms with Crippen molar-refractivity contribution in [2.24, 2.45) is 10.7 Å². The first-order valence-electron chi connectivity index (χ1n) is 8.50. The molecule has 1 fully saturated rings. The van der Waals surface area contributed by atoms with Crippen molar-refractivity contribution in [1.29, 1.82) is 0 Å². The van der Waals surface area contributed by atoms with E-state index in [0.717, 1.165) is 17.0 Å². The number of nitrogens with zero attached hydrogens (tertiary/aromatic N) is 2. The Labute approximate surface area is 142 Å². The molecule has 0 saturated carbocycles. The summed E-state index contributed by atoms with van der Waals surface area (Å²) in [5, 5.41) is 2.02. The van der Waals surface area contributed by atoms with E-state index in [9.17, 15) is 0 Å². The van der Waals surface area contributed by atoms with Gasteiger partial charge in [0.05, 0.1) is 10.6 Å². The predicted octanol–water partition coefficient (Wildman–Crippen LogP) is 4.20. The Hall–Kier alpha value is -1.65. The average Bonchev–Trinajstić information content (AvgIpc) is 3.12. The molecule has 0 atom stereocenters. The van der Waals surface area contributed by atoms with Crippen LogP contribution in [0, 0.1) is 0 Å². The van der Waals surface area contributed by atoms with Crippen LogP contribution >= 0.6 is 11.3 Å². The lowest BCUT2D eigenvalue weighted by Crippen LogP contribution is -2.30. The highest BCUT2D eigenvalue weighted by Gasteiger charge is 2.09. The van der Waals surface area contributed by atoms with Crippen molar-refractivity contribution in [2.45, 2.75) is 32.1 Å². The van der Waals surface area contributed by atoms with Crippen LogP contribution in [0.15, 0.2) is 46.8 Å². The van der Waals surface area contributed by atoms with Crippen LogP contribution in [0.4, 0.5) is 5.69 Å². The molecule has 0 radical (unpaired) electrons. The van der Waals surface area contributed by atoms with Gasteiger partial charge in [0.15, 0.2) is 0 Å². The molecule has 0 aliphatic carbocycles. The van der Waals surface area contributed by atoms with E-state index in [4.69, 9.17) is 5.73 Å². The number of hydrogen-bond donors (Lipinski definition) is 1. The molecule has 0 unspecified atom stereocenters. The number of rotatable bonds is 6. The van der Waals surface area contributed by atoms with E-state index in [1.165, 1.54) is 50.9 Å². The standard InChI is InChI=1S/C19H25N3S/c20-19(18-7-5-15-23-18)21-17-10-8-16(9-11-17)6-4-14-22-12-2-1-3-13-22/h5,7-11,15H,1-4,6,12-14H2,(H2,20,21). The van der Waals surface area contributed by atoms with E-state index in [1.807, 2.05) is 17.5 Å². The minimum absolute atomic E-state index is 0.595. The Kier molecular flexibility index (Phi) is 5.83. The van der Waals surface area contributed by atoms with Gasteiger partial charge in [0.25, 0.3) is 0 Å². The van der Waals surface area contributed by atoms with Gasteiger partial charge < -0.3 is 10.6 Å². The van der Waals surface area contributed by atoms with Crippen molar-refractivity contribution in [1.82, 2.24) is 4.90 Å². The summed E-state index contributed by atoms with van der Waals surface area (Å²) in [7, 11) is 0. The fourth-order valence-electron chi connectivity index (χ4n) is 3.05. The van der Waals surface area contributed by atoms with Crippen LogP contribution in [0.1, 0.15) is 36.1 Å². The van der Waals surface area contributed by atoms with Crippen molar-refractivity contribution >= 4 is 22.9 Å². The fraction of sp³-hybridized carbons (Fsp3) is 0.421. The summed E-state index contributed by atoms with van der Waals surface area (Å²) in [6, 6.07) is 12.5. The van der Waals surface area contributed by atoms with Crippen LogP contribution in [0.5, 0.6) is 0 Å². The van der Waals surface area contributed by atoms with Gasteiger partial charge in [-0.15, -0.1) is 11.3 Å². The van der Waals surface area contributed by atoms with Gasteiger partial charge in [-0.25, -0.2) is 4.99 Å². The largest absolute Gasteiger partial charge is 0.383 e. The van der Waals surface area contributed by atoms with Crippen LogP contribution < -0.4 is 5.73 Å². The first kappa shape index (κ1) is 16.2. The Morgan fingerprint density at radius 3 is 2.57 bits per heavy atom. The molecule has 3 nitrogen and oxygen atoms in total. The SMILES string of the molecule is NC(=Nc1ccc(CCCN2CCCCC2)cc1)c1cccs1. The maximum absolute atomic E-state index is 6.03. The van der Waals surface area contributed by atoms with E-state index in [2.05, 4.69) is 34.2 Å². The van der Waals surface area contributed by atoms with Gasteiger partial charge in [0, 0.05) is 0 Å². The van der Waals surface area contributed by atoms with Gasteiger partial charge in [0.2, 0.25) is 0 Å². The minimum Gasteiger partial charge on any atom is -0.383 e. The molecule has 2 N–H and O–H groups in total. The Morgan fingerprint density at radius 1 is 1.09 bits per heavy atom. The number of thiophene rings is 1. The quantitative estimate of drug-likeness (QED) is 0.638. The average molecular weight is 327 g/mol. The maximum atomic E-state index is 6.03. The zero-order chi connectivity index (χ0) is 15.9. The van der Waals surface area contributed by atoms with Crippen LogP contribution in [-0.2, 0) is 6.42 Å². The molecule has 23 heavy (non-hydrogen) atoms. The van der Waals surface area contributed by atoms with E-state index in [-0.39, 0.29) is 0 Å². The first-order chi connectivity index (χ1) is 11.3. The molecule has 1 aliphatic heterocycles. The van der Waals surface area contributed by atoms with Crippen molar-refractivity contribution in [3.63, 3.8) is 0 Å². The molecular weight excluding hydrogens is 302 g/mol. The third-order valence-corrected chi connectivity index (χ3v) is 5.24. The van der Waals surface area contributed by atoms with Gasteiger partial charge >= 0.3 is 0 Å². The molecule has 122 valence electrons. The zero-order valence-electron chi connectivity index (χ0n) is 13.6. The molecule has 2 heterocycles. The number of aryl methyl sites for hydroxylation is 1. The lowest BCUT2D eigenvalue weighted by molar-refractivity contribution is 0.226. The van der Waals surface area contributed by atoms with Gasteiger partial charge in [-0.1, -0.05) is 24.6 Å². The van der Waals surface area contributed by atoms with Gasteiger partial charge in [0.1, 0.15) is 5.84 Å². The molecule has 0 amide bonds. The first-order valence-corrected chi connectivity index (χ1v) is 9.38. The third kappa shape index (κ3) is 4.91. The summed E-state index contributed by atoms with van der Waals surface area (Å²) in [6.45, 7) is 3.80. The molecule has 1 saturated heterocycles. The Morgan fingerprint density at radius 2 is 1.87 bits per heavy atom. The highest BCUT2D eigenvalue weighted by Crippen LogP contribution is 2.17. The second-order valence-electron chi connectivity index (χ2n) is 6.15. The predicted molar refractivity (Wildman–Crippen MR) is 99.8 cm³/mol. The zero-order valence-corrected chi connectivity index (χ0v) is 14.4. The molecule has 0 spiro atoms. The third-order valence-electron chi connectivity index (χ3n) is 4.35. The molecule has 4 heteroatoms. The minimum atomic E-state index is 0.595. The second kappa shape index (κ2) is 8.27. The van der Waals surface area contributed by atoms with E-state index < -0.39 is 0 Å². The van der Waals surface area contributed by atoms with E-state index in [0.29, 0.717) is 5.84 Å². The van der Waals surface area contributed by atoms with Gasteiger partial charge in [-0.3, -0.25) is 0 Å². The van der Waals surface area contributed by atoms with Crippen molar-refractivity contribution in [3.8, 4) is 0 Å². The number of piperidine rings is 1. The summed E-state index contributed by atoms with van der Waals surface area (Å²) in [5.74, 6) is 0.595. The number of amidine groups is 1. The van der Waals surface area contributed by atoms with Crippen LogP contribution in [0.25, 0.3) is 0 Å². The molecule has 2 aromatic rings. The summed E-state index contributed by atoms with van der Waals surface area (Å²) in [4.78, 5) is 8.12. The Balaban J connectivity index is 1.50. The van der Waals surface area contributed by atoms with Crippen molar-refractivity contribution in [3.05, 3.63) is 52.2 Å². The highest BCUT2D eigenvalue weighted by atomic mass is 32.1. The second-order valence-corrected chi connectivity index (χ2v) is 7.09. The highest BCUT2D eigenvalue weighted by molar-refractivity contribution is 7.12. The normalized spacial score (nSPS) is 16.6. The van der Waals surface area contributed by atoms with Crippen LogP contribution in [0.3, 0.4) is 0 Å². The van der Waals surface area contributed by atoms with Crippen LogP contribution in [0.2, 0.25) is 0 Å². The van der Waals surface area contributed by atoms with E-state index >= 15 is 0 Å². The topological polar surface area (TPSA) is 41.6 Å². The molecule has 1 aromatic carbocycles. The summed E-state index contributed by atoms with van der Waals surface area (Å²) in [6.07, 6.45) is 6.53. The number of benzene rings is 1. The molecule has 0 bridgehead atoms. The molecule has 3 rings (SSSR count). The molecule has 1 aromatic heterocycles. The number of aliphatic imine (C=N–C) groups is 1.